The van der Waals surface area contributed by atoms with Crippen molar-refractivity contribution < 1.29 is 0 Å². The van der Waals surface area contributed by atoms with E-state index in [2.05, 4.69) is 52.3 Å². The molecule has 0 aliphatic carbocycles. The van der Waals surface area contributed by atoms with Crippen molar-refractivity contribution in [2.45, 2.75) is 0 Å². The molecule has 0 spiro atoms. The van der Waals surface area contributed by atoms with Gasteiger partial charge in [-0.25, -0.2) is 0 Å². The molecule has 0 amide bonds. The molecule has 4 aromatic rings. The Morgan fingerprint density at radius 1 is 0.783 bits per heavy atom. The standard InChI is InChI=1S/C21H10BrN/c22-17-8-10-19-16(12-17)4-2-6-21(19)20-5-1-3-15-11-14(13-23)7-9-18(15)20/h1-4,7-12H. The van der Waals surface area contributed by atoms with Crippen LogP contribution in [0.3, 0.4) is 0 Å². The molecular formula is C21H10BrN. The van der Waals surface area contributed by atoms with Gasteiger partial charge in [0.05, 0.1) is 11.6 Å². The lowest BCUT2D eigenvalue weighted by Crippen LogP contribution is -1.86. The van der Waals surface area contributed by atoms with E-state index in [-0.39, 0.29) is 0 Å². The fourth-order valence-corrected chi connectivity index (χ4v) is 3.27. The first-order valence-corrected chi connectivity index (χ1v) is 8.00. The van der Waals surface area contributed by atoms with Gasteiger partial charge in [-0.15, -0.1) is 0 Å². The number of nitrogens with zero attached hydrogens (tertiary/aromatic N) is 1. The molecule has 0 aliphatic rings. The van der Waals surface area contributed by atoms with E-state index < -0.39 is 0 Å². The molecule has 23 heavy (non-hydrogen) atoms. The maximum atomic E-state index is 9.08. The lowest BCUT2D eigenvalue weighted by Gasteiger charge is -2.10. The van der Waals surface area contributed by atoms with Crippen LogP contribution in [-0.2, 0) is 0 Å². The summed E-state index contributed by atoms with van der Waals surface area (Å²) >= 11 is 3.52. The molecule has 0 aromatic heterocycles. The minimum atomic E-state index is 0.667. The lowest BCUT2D eigenvalue weighted by molar-refractivity contribution is 1.50. The first-order chi connectivity index (χ1) is 11.3. The van der Waals surface area contributed by atoms with Gasteiger partial charge in [0.15, 0.2) is 0 Å². The molecule has 4 rings (SSSR count). The van der Waals surface area contributed by atoms with Crippen LogP contribution in [0.4, 0.5) is 0 Å². The summed E-state index contributed by atoms with van der Waals surface area (Å²) in [6.45, 7) is 0. The zero-order valence-electron chi connectivity index (χ0n) is 12.1. The monoisotopic (exact) mass is 355 g/mol. The third-order valence-corrected chi connectivity index (χ3v) is 4.46. The molecule has 0 atom stereocenters. The van der Waals surface area contributed by atoms with Gasteiger partial charge in [0.25, 0.3) is 0 Å². The van der Waals surface area contributed by atoms with Gasteiger partial charge in [0, 0.05) is 4.47 Å². The van der Waals surface area contributed by atoms with Crippen LogP contribution < -0.4 is 0 Å². The summed E-state index contributed by atoms with van der Waals surface area (Å²) in [5.74, 6) is 0. The van der Waals surface area contributed by atoms with Crippen LogP contribution in [0, 0.1) is 23.5 Å². The Bertz CT molecular complexity index is 1090. The largest absolute Gasteiger partial charge is 0.192 e. The number of rotatable bonds is 1. The summed E-state index contributed by atoms with van der Waals surface area (Å²) in [7, 11) is 0. The minimum absolute atomic E-state index is 0.667. The van der Waals surface area contributed by atoms with E-state index in [4.69, 9.17) is 5.26 Å². The van der Waals surface area contributed by atoms with Crippen LogP contribution in [0.15, 0.2) is 65.1 Å². The summed E-state index contributed by atoms with van der Waals surface area (Å²) in [6.07, 6.45) is 0. The number of nitriles is 1. The van der Waals surface area contributed by atoms with Gasteiger partial charge in [-0.1, -0.05) is 52.3 Å². The highest BCUT2D eigenvalue weighted by atomic mass is 79.9. The van der Waals surface area contributed by atoms with E-state index in [9.17, 15) is 0 Å². The van der Waals surface area contributed by atoms with Crippen LogP contribution >= 0.6 is 15.9 Å². The van der Waals surface area contributed by atoms with Crippen LogP contribution in [0.5, 0.6) is 0 Å². The number of hydrogen-bond donors (Lipinski definition) is 0. The van der Waals surface area contributed by atoms with Crippen molar-refractivity contribution in [2.75, 3.05) is 0 Å². The Hall–Kier alpha value is -2.63. The van der Waals surface area contributed by atoms with E-state index in [0.29, 0.717) is 5.56 Å². The molecule has 4 aromatic carbocycles. The molecule has 0 unspecified atom stereocenters. The summed E-state index contributed by atoms with van der Waals surface area (Å²) in [4.78, 5) is 0. The Kier molecular flexibility index (Phi) is 3.37. The second kappa shape index (κ2) is 5.53. The molecule has 106 valence electrons. The van der Waals surface area contributed by atoms with Gasteiger partial charge < -0.3 is 0 Å². The zero-order valence-corrected chi connectivity index (χ0v) is 13.7. The lowest BCUT2D eigenvalue weighted by atomic mass is 9.93. The third-order valence-electron chi connectivity index (χ3n) is 3.96. The molecule has 2 radical (unpaired) electrons. The Balaban J connectivity index is 2.05. The maximum Gasteiger partial charge on any atom is 0.0991 e. The molecule has 0 bridgehead atoms. The average molecular weight is 356 g/mol. The molecule has 1 nitrogen and oxygen atoms in total. The first kappa shape index (κ1) is 14.0. The second-order valence-electron chi connectivity index (χ2n) is 5.35. The molecule has 2 heteroatoms. The molecule has 0 fully saturated rings. The van der Waals surface area contributed by atoms with Crippen molar-refractivity contribution >= 4 is 37.5 Å². The van der Waals surface area contributed by atoms with E-state index in [1.165, 1.54) is 0 Å². The Morgan fingerprint density at radius 2 is 1.39 bits per heavy atom. The van der Waals surface area contributed by atoms with E-state index >= 15 is 0 Å². The normalized spacial score (nSPS) is 10.8. The topological polar surface area (TPSA) is 23.8 Å². The number of hydrogen-bond acceptors (Lipinski definition) is 1. The summed E-state index contributed by atoms with van der Waals surface area (Å²) in [5, 5.41) is 13.5. The number of halogens is 1. The highest BCUT2D eigenvalue weighted by Gasteiger charge is 2.09. The number of benzene rings is 4. The van der Waals surface area contributed by atoms with Crippen molar-refractivity contribution in [3.63, 3.8) is 0 Å². The fourth-order valence-electron chi connectivity index (χ4n) is 2.90. The molecule has 0 aliphatic heterocycles. The SMILES string of the molecule is N#Cc1ccc2c(-c3[c]ccc4cc(Br)ccc34)[c]ccc2c1. The minimum Gasteiger partial charge on any atom is -0.192 e. The van der Waals surface area contributed by atoms with Crippen LogP contribution in [0.1, 0.15) is 5.56 Å². The summed E-state index contributed by atoms with van der Waals surface area (Å²) < 4.78 is 1.06. The van der Waals surface area contributed by atoms with Crippen molar-refractivity contribution in [1.29, 1.82) is 5.26 Å². The highest BCUT2D eigenvalue weighted by molar-refractivity contribution is 9.10. The second-order valence-corrected chi connectivity index (χ2v) is 6.27. The molecule has 0 N–H and O–H groups in total. The predicted octanol–water partition coefficient (Wildman–Crippen LogP) is 5.89. The van der Waals surface area contributed by atoms with Crippen molar-refractivity contribution in [2.24, 2.45) is 0 Å². The van der Waals surface area contributed by atoms with Gasteiger partial charge in [-0.3, -0.25) is 0 Å². The highest BCUT2D eigenvalue weighted by Crippen LogP contribution is 2.34. The molecular weight excluding hydrogens is 346 g/mol. The smallest absolute Gasteiger partial charge is 0.0991 e. The van der Waals surface area contributed by atoms with Gasteiger partial charge in [0.2, 0.25) is 0 Å². The Morgan fingerprint density at radius 3 is 2.04 bits per heavy atom. The van der Waals surface area contributed by atoms with Gasteiger partial charge in [-0.2, -0.15) is 5.26 Å². The van der Waals surface area contributed by atoms with Crippen LogP contribution in [-0.4, -0.2) is 0 Å². The molecule has 0 saturated carbocycles. The quantitative estimate of drug-likeness (QED) is 0.417. The zero-order chi connectivity index (χ0) is 15.8. The van der Waals surface area contributed by atoms with Crippen LogP contribution in [0.25, 0.3) is 32.7 Å². The van der Waals surface area contributed by atoms with Gasteiger partial charge in [0.1, 0.15) is 0 Å². The van der Waals surface area contributed by atoms with E-state index in [0.717, 1.165) is 37.1 Å². The van der Waals surface area contributed by atoms with Crippen molar-refractivity contribution in [1.82, 2.24) is 0 Å². The molecule has 0 heterocycles. The first-order valence-electron chi connectivity index (χ1n) is 7.21. The fraction of sp³-hybridized carbons (Fsp3) is 0. The average Bonchev–Trinajstić information content (AvgIpc) is 2.60. The molecule has 0 saturated heterocycles. The van der Waals surface area contributed by atoms with E-state index in [1.807, 2.05) is 42.5 Å². The van der Waals surface area contributed by atoms with Crippen molar-refractivity contribution in [3.8, 4) is 17.2 Å². The summed E-state index contributed by atoms with van der Waals surface area (Å²) in [5.41, 5.74) is 2.71. The third kappa shape index (κ3) is 2.40. The maximum absolute atomic E-state index is 9.08. The van der Waals surface area contributed by atoms with Crippen molar-refractivity contribution in [3.05, 3.63) is 82.8 Å². The summed E-state index contributed by atoms with van der Waals surface area (Å²) in [6, 6.07) is 28.8. The van der Waals surface area contributed by atoms with Gasteiger partial charge >= 0.3 is 0 Å². The Labute approximate surface area is 142 Å². The number of fused-ring (bicyclic) bond motifs is 2. The van der Waals surface area contributed by atoms with E-state index in [1.54, 1.807) is 0 Å². The van der Waals surface area contributed by atoms with Gasteiger partial charge in [-0.05, 0) is 69.1 Å². The predicted molar refractivity (Wildman–Crippen MR) is 97.0 cm³/mol. The van der Waals surface area contributed by atoms with Crippen LogP contribution in [0.2, 0.25) is 0 Å².